The van der Waals surface area contributed by atoms with Gasteiger partial charge >= 0.3 is 0 Å². The average Bonchev–Trinajstić information content (AvgIpc) is 2.08. The van der Waals surface area contributed by atoms with Gasteiger partial charge in [0.05, 0.1) is 0 Å². The van der Waals surface area contributed by atoms with Crippen molar-refractivity contribution in [1.29, 1.82) is 0 Å². The SMILES string of the molecule is CNNC1CCC(CC(C)=O)CC1. The topological polar surface area (TPSA) is 41.1 Å². The Morgan fingerprint density at radius 1 is 1.31 bits per heavy atom. The molecule has 0 atom stereocenters. The molecule has 13 heavy (non-hydrogen) atoms. The molecule has 0 bridgehead atoms. The van der Waals surface area contributed by atoms with Gasteiger partial charge in [0, 0.05) is 12.5 Å². The molecule has 1 rings (SSSR count). The average molecular weight is 184 g/mol. The first kappa shape index (κ1) is 10.7. The summed E-state index contributed by atoms with van der Waals surface area (Å²) in [7, 11) is 1.90. The highest BCUT2D eigenvalue weighted by atomic mass is 16.1. The van der Waals surface area contributed by atoms with Gasteiger partial charge in [-0.05, 0) is 45.6 Å². The summed E-state index contributed by atoms with van der Waals surface area (Å²) in [6.07, 6.45) is 5.56. The Balaban J connectivity index is 2.18. The van der Waals surface area contributed by atoms with Crippen molar-refractivity contribution in [2.75, 3.05) is 7.05 Å². The van der Waals surface area contributed by atoms with Crippen LogP contribution in [0.25, 0.3) is 0 Å². The summed E-state index contributed by atoms with van der Waals surface area (Å²) in [5, 5.41) is 0. The van der Waals surface area contributed by atoms with Crippen LogP contribution in [0.3, 0.4) is 0 Å². The number of nitrogens with one attached hydrogen (secondary N) is 2. The van der Waals surface area contributed by atoms with Gasteiger partial charge in [0.15, 0.2) is 0 Å². The Bertz CT molecular complexity index is 162. The van der Waals surface area contributed by atoms with Gasteiger partial charge in [-0.2, -0.15) is 0 Å². The van der Waals surface area contributed by atoms with E-state index in [0.717, 1.165) is 6.42 Å². The van der Waals surface area contributed by atoms with Gasteiger partial charge in [-0.25, -0.2) is 0 Å². The minimum Gasteiger partial charge on any atom is -0.300 e. The Hall–Kier alpha value is -0.410. The van der Waals surface area contributed by atoms with Crippen molar-refractivity contribution < 1.29 is 4.79 Å². The van der Waals surface area contributed by atoms with E-state index in [9.17, 15) is 4.79 Å². The molecule has 0 amide bonds. The lowest BCUT2D eigenvalue weighted by Crippen LogP contribution is -2.40. The number of rotatable bonds is 4. The molecule has 0 aliphatic heterocycles. The third-order valence-electron chi connectivity index (χ3n) is 2.77. The van der Waals surface area contributed by atoms with Crippen molar-refractivity contribution in [2.45, 2.75) is 45.1 Å². The molecule has 0 aromatic heterocycles. The van der Waals surface area contributed by atoms with Gasteiger partial charge in [-0.3, -0.25) is 10.9 Å². The first-order chi connectivity index (χ1) is 6.22. The molecule has 1 fully saturated rings. The normalized spacial score (nSPS) is 28.8. The van der Waals surface area contributed by atoms with E-state index in [1.807, 2.05) is 7.05 Å². The monoisotopic (exact) mass is 184 g/mol. The molecule has 0 radical (unpaired) electrons. The van der Waals surface area contributed by atoms with Crippen molar-refractivity contribution >= 4 is 5.78 Å². The molecule has 3 heteroatoms. The number of carbonyl (C=O) groups is 1. The van der Waals surface area contributed by atoms with Gasteiger partial charge in [0.1, 0.15) is 5.78 Å². The number of hydrogen-bond acceptors (Lipinski definition) is 3. The quantitative estimate of drug-likeness (QED) is 0.646. The number of carbonyl (C=O) groups excluding carboxylic acids is 1. The molecule has 0 aromatic rings. The molecule has 76 valence electrons. The second-order valence-electron chi connectivity index (χ2n) is 4.02. The number of hydrogen-bond donors (Lipinski definition) is 2. The maximum absolute atomic E-state index is 10.9. The van der Waals surface area contributed by atoms with Crippen LogP contribution in [0.4, 0.5) is 0 Å². The molecule has 0 heterocycles. The minimum absolute atomic E-state index is 0.338. The maximum Gasteiger partial charge on any atom is 0.130 e. The molecule has 0 saturated heterocycles. The zero-order valence-corrected chi connectivity index (χ0v) is 8.60. The summed E-state index contributed by atoms with van der Waals surface area (Å²) >= 11 is 0. The molecule has 2 N–H and O–H groups in total. The molecule has 1 aliphatic carbocycles. The first-order valence-electron chi connectivity index (χ1n) is 5.14. The van der Waals surface area contributed by atoms with Crippen molar-refractivity contribution in [3.05, 3.63) is 0 Å². The highest BCUT2D eigenvalue weighted by Gasteiger charge is 2.21. The van der Waals surface area contributed by atoms with Crippen LogP contribution in [0, 0.1) is 5.92 Å². The third kappa shape index (κ3) is 3.87. The van der Waals surface area contributed by atoms with Gasteiger partial charge in [0.2, 0.25) is 0 Å². The zero-order valence-electron chi connectivity index (χ0n) is 8.60. The fourth-order valence-electron chi connectivity index (χ4n) is 2.12. The predicted molar refractivity (Wildman–Crippen MR) is 53.2 cm³/mol. The summed E-state index contributed by atoms with van der Waals surface area (Å²) in [5.41, 5.74) is 6.20. The van der Waals surface area contributed by atoms with Gasteiger partial charge in [-0.15, -0.1) is 0 Å². The maximum atomic E-state index is 10.9. The largest absolute Gasteiger partial charge is 0.300 e. The fraction of sp³-hybridized carbons (Fsp3) is 0.900. The number of hydrazine groups is 1. The van der Waals surface area contributed by atoms with Crippen LogP contribution in [0.15, 0.2) is 0 Å². The molecule has 3 nitrogen and oxygen atoms in total. The van der Waals surface area contributed by atoms with E-state index >= 15 is 0 Å². The van der Waals surface area contributed by atoms with E-state index in [-0.39, 0.29) is 0 Å². The van der Waals surface area contributed by atoms with Crippen molar-refractivity contribution in [3.8, 4) is 0 Å². The highest BCUT2D eigenvalue weighted by molar-refractivity contribution is 5.75. The second kappa shape index (κ2) is 5.35. The molecular formula is C10H20N2O. The Kier molecular flexibility index (Phi) is 4.39. The smallest absolute Gasteiger partial charge is 0.130 e. The fourth-order valence-corrected chi connectivity index (χ4v) is 2.12. The molecule has 1 saturated carbocycles. The van der Waals surface area contributed by atoms with Crippen molar-refractivity contribution in [3.63, 3.8) is 0 Å². The summed E-state index contributed by atoms with van der Waals surface area (Å²) in [5.74, 6) is 0.984. The summed E-state index contributed by atoms with van der Waals surface area (Å²) in [6, 6.07) is 0.605. The van der Waals surface area contributed by atoms with E-state index in [0.29, 0.717) is 17.7 Å². The van der Waals surface area contributed by atoms with Crippen molar-refractivity contribution in [1.82, 2.24) is 10.9 Å². The van der Waals surface area contributed by atoms with E-state index < -0.39 is 0 Å². The Morgan fingerprint density at radius 2 is 1.92 bits per heavy atom. The lowest BCUT2D eigenvalue weighted by atomic mass is 9.83. The molecule has 0 spiro atoms. The van der Waals surface area contributed by atoms with Crippen LogP contribution in [-0.2, 0) is 4.79 Å². The molecular weight excluding hydrogens is 164 g/mol. The zero-order chi connectivity index (χ0) is 9.68. The van der Waals surface area contributed by atoms with E-state index in [1.165, 1.54) is 25.7 Å². The molecule has 0 unspecified atom stereocenters. The predicted octanol–water partition coefficient (Wildman–Crippen LogP) is 1.25. The Morgan fingerprint density at radius 3 is 2.38 bits per heavy atom. The summed E-state index contributed by atoms with van der Waals surface area (Å²) in [6.45, 7) is 1.69. The van der Waals surface area contributed by atoms with Crippen LogP contribution in [0.2, 0.25) is 0 Å². The van der Waals surface area contributed by atoms with Gasteiger partial charge in [-0.1, -0.05) is 0 Å². The third-order valence-corrected chi connectivity index (χ3v) is 2.77. The Labute approximate surface area is 80.2 Å². The number of Topliss-reactive ketones (excluding diaryl/α,β-unsaturated/α-hetero) is 1. The van der Waals surface area contributed by atoms with Crippen LogP contribution < -0.4 is 10.9 Å². The lowest BCUT2D eigenvalue weighted by Gasteiger charge is -2.28. The molecule has 1 aliphatic rings. The standard InChI is InChI=1S/C10H20N2O/c1-8(13)7-9-3-5-10(6-4-9)12-11-2/h9-12H,3-7H2,1-2H3. The summed E-state index contributed by atoms with van der Waals surface area (Å²) in [4.78, 5) is 10.9. The van der Waals surface area contributed by atoms with Gasteiger partial charge in [0.25, 0.3) is 0 Å². The van der Waals surface area contributed by atoms with Gasteiger partial charge < -0.3 is 4.79 Å². The van der Waals surface area contributed by atoms with Crippen LogP contribution >= 0.6 is 0 Å². The number of ketones is 1. The highest BCUT2D eigenvalue weighted by Crippen LogP contribution is 2.26. The molecule has 0 aromatic carbocycles. The van der Waals surface area contributed by atoms with Crippen LogP contribution in [0.1, 0.15) is 39.0 Å². The lowest BCUT2D eigenvalue weighted by molar-refractivity contribution is -0.118. The van der Waals surface area contributed by atoms with E-state index in [4.69, 9.17) is 0 Å². The first-order valence-corrected chi connectivity index (χ1v) is 5.14. The van der Waals surface area contributed by atoms with Crippen molar-refractivity contribution in [2.24, 2.45) is 5.92 Å². The van der Waals surface area contributed by atoms with Crippen LogP contribution in [-0.4, -0.2) is 18.9 Å². The van der Waals surface area contributed by atoms with E-state index in [1.54, 1.807) is 6.92 Å². The summed E-state index contributed by atoms with van der Waals surface area (Å²) < 4.78 is 0. The minimum atomic E-state index is 0.338. The van der Waals surface area contributed by atoms with E-state index in [2.05, 4.69) is 10.9 Å². The second-order valence-corrected chi connectivity index (χ2v) is 4.02. The van der Waals surface area contributed by atoms with Crippen LogP contribution in [0.5, 0.6) is 0 Å².